The second-order valence-corrected chi connectivity index (χ2v) is 5.61. The summed E-state index contributed by atoms with van der Waals surface area (Å²) in [6, 6.07) is -0.0797. The van der Waals surface area contributed by atoms with E-state index >= 15 is 0 Å². The Balaban J connectivity index is 2.38. The topological polar surface area (TPSA) is 55.1 Å². The van der Waals surface area contributed by atoms with Gasteiger partial charge in [-0.25, -0.2) is 0 Å². The Hall–Kier alpha value is -0.570. The molecule has 3 atom stereocenters. The van der Waals surface area contributed by atoms with Crippen molar-refractivity contribution in [1.82, 2.24) is 5.32 Å². The number of carbonyl (C=O) groups is 1. The van der Waals surface area contributed by atoms with Gasteiger partial charge in [0.25, 0.3) is 0 Å². The van der Waals surface area contributed by atoms with Crippen molar-refractivity contribution in [1.29, 1.82) is 0 Å². The highest BCUT2D eigenvalue weighted by molar-refractivity contribution is 5.82. The Morgan fingerprint density at radius 3 is 2.41 bits per heavy atom. The second kappa shape index (κ2) is 7.00. The fourth-order valence-electron chi connectivity index (χ4n) is 2.58. The molecule has 1 rings (SSSR count). The maximum Gasteiger partial charge on any atom is 0.237 e. The lowest BCUT2D eigenvalue weighted by molar-refractivity contribution is -0.124. The van der Waals surface area contributed by atoms with Crippen LogP contribution in [0.1, 0.15) is 59.3 Å². The van der Waals surface area contributed by atoms with Gasteiger partial charge in [-0.05, 0) is 31.6 Å². The standard InChI is InChI=1S/C14H28N2O/c1-4-10(2)13(15)14(17)16-11(3)12-8-6-5-7-9-12/h10-13H,4-9,15H2,1-3H3,(H,16,17)/t10-,11?,13-/m0/s1. The highest BCUT2D eigenvalue weighted by Crippen LogP contribution is 2.26. The lowest BCUT2D eigenvalue weighted by Gasteiger charge is -2.29. The van der Waals surface area contributed by atoms with E-state index in [9.17, 15) is 4.79 Å². The summed E-state index contributed by atoms with van der Waals surface area (Å²) in [4.78, 5) is 12.0. The molecule has 1 aliphatic carbocycles. The monoisotopic (exact) mass is 240 g/mol. The Bertz CT molecular complexity index is 236. The molecular formula is C14H28N2O. The molecule has 0 spiro atoms. The normalized spacial score (nSPS) is 22.8. The summed E-state index contributed by atoms with van der Waals surface area (Å²) in [6.45, 7) is 6.23. The molecule has 3 heteroatoms. The molecule has 3 N–H and O–H groups in total. The molecule has 1 aliphatic rings. The second-order valence-electron chi connectivity index (χ2n) is 5.61. The van der Waals surface area contributed by atoms with Gasteiger partial charge in [-0.1, -0.05) is 39.5 Å². The zero-order valence-electron chi connectivity index (χ0n) is 11.5. The van der Waals surface area contributed by atoms with E-state index in [1.165, 1.54) is 32.1 Å². The first-order chi connectivity index (χ1) is 8.06. The van der Waals surface area contributed by atoms with Gasteiger partial charge in [0.1, 0.15) is 0 Å². The molecule has 0 aliphatic heterocycles. The summed E-state index contributed by atoms with van der Waals surface area (Å²) in [5, 5.41) is 3.10. The highest BCUT2D eigenvalue weighted by Gasteiger charge is 2.25. The largest absolute Gasteiger partial charge is 0.352 e. The van der Waals surface area contributed by atoms with Crippen LogP contribution in [0.4, 0.5) is 0 Å². The van der Waals surface area contributed by atoms with Gasteiger partial charge in [-0.15, -0.1) is 0 Å². The molecule has 0 saturated heterocycles. The van der Waals surface area contributed by atoms with Crippen molar-refractivity contribution in [3.8, 4) is 0 Å². The molecule has 0 heterocycles. The lowest BCUT2D eigenvalue weighted by atomic mass is 9.84. The van der Waals surface area contributed by atoms with Crippen molar-refractivity contribution < 1.29 is 4.79 Å². The minimum Gasteiger partial charge on any atom is -0.352 e. The zero-order valence-corrected chi connectivity index (χ0v) is 11.5. The zero-order chi connectivity index (χ0) is 12.8. The van der Waals surface area contributed by atoms with Gasteiger partial charge in [-0.3, -0.25) is 4.79 Å². The summed E-state index contributed by atoms with van der Waals surface area (Å²) < 4.78 is 0. The number of carbonyl (C=O) groups excluding carboxylic acids is 1. The van der Waals surface area contributed by atoms with Gasteiger partial charge in [0.2, 0.25) is 5.91 Å². The van der Waals surface area contributed by atoms with Gasteiger partial charge in [0.05, 0.1) is 6.04 Å². The number of nitrogens with one attached hydrogen (secondary N) is 1. The maximum atomic E-state index is 12.0. The molecule has 100 valence electrons. The van der Waals surface area contributed by atoms with Crippen LogP contribution in [0.2, 0.25) is 0 Å². The molecule has 0 aromatic carbocycles. The van der Waals surface area contributed by atoms with Gasteiger partial charge in [0.15, 0.2) is 0 Å². The van der Waals surface area contributed by atoms with Crippen LogP contribution in [0.5, 0.6) is 0 Å². The van der Waals surface area contributed by atoms with Crippen molar-refractivity contribution in [3.63, 3.8) is 0 Å². The number of nitrogens with two attached hydrogens (primary N) is 1. The third-order valence-corrected chi connectivity index (χ3v) is 4.29. The minimum atomic E-state index is -0.356. The summed E-state index contributed by atoms with van der Waals surface area (Å²) >= 11 is 0. The van der Waals surface area contributed by atoms with Crippen LogP contribution in [0, 0.1) is 11.8 Å². The minimum absolute atomic E-state index is 0.0254. The fourth-order valence-corrected chi connectivity index (χ4v) is 2.58. The Kier molecular flexibility index (Phi) is 5.96. The maximum absolute atomic E-state index is 12.0. The quantitative estimate of drug-likeness (QED) is 0.775. The molecule has 3 nitrogen and oxygen atoms in total. The number of amides is 1. The Morgan fingerprint density at radius 1 is 1.29 bits per heavy atom. The molecule has 0 radical (unpaired) electrons. The molecule has 1 unspecified atom stereocenters. The van der Waals surface area contributed by atoms with Crippen LogP contribution >= 0.6 is 0 Å². The summed E-state index contributed by atoms with van der Waals surface area (Å²) in [7, 11) is 0. The van der Waals surface area contributed by atoms with E-state index in [0.29, 0.717) is 5.92 Å². The molecule has 0 aromatic rings. The average molecular weight is 240 g/mol. The molecule has 1 amide bonds. The lowest BCUT2D eigenvalue weighted by Crippen LogP contribution is -2.49. The van der Waals surface area contributed by atoms with Crippen molar-refractivity contribution in [2.75, 3.05) is 0 Å². The molecule has 1 fully saturated rings. The number of hydrogen-bond acceptors (Lipinski definition) is 2. The van der Waals surface area contributed by atoms with E-state index in [4.69, 9.17) is 5.73 Å². The van der Waals surface area contributed by atoms with Crippen molar-refractivity contribution in [3.05, 3.63) is 0 Å². The van der Waals surface area contributed by atoms with E-state index in [2.05, 4.69) is 19.2 Å². The average Bonchev–Trinajstić information content (AvgIpc) is 2.37. The SMILES string of the molecule is CC[C@H](C)[C@H](N)C(=O)NC(C)C1CCCCC1. The van der Waals surface area contributed by atoms with Gasteiger partial charge in [0, 0.05) is 6.04 Å². The van der Waals surface area contributed by atoms with Gasteiger partial charge >= 0.3 is 0 Å². The van der Waals surface area contributed by atoms with Crippen LogP contribution < -0.4 is 11.1 Å². The first kappa shape index (κ1) is 14.5. The Morgan fingerprint density at radius 2 is 1.88 bits per heavy atom. The predicted molar refractivity (Wildman–Crippen MR) is 71.6 cm³/mol. The van der Waals surface area contributed by atoms with E-state index in [1.54, 1.807) is 0 Å². The molecule has 0 bridgehead atoms. The van der Waals surface area contributed by atoms with Crippen LogP contribution in [-0.4, -0.2) is 18.0 Å². The van der Waals surface area contributed by atoms with Crippen LogP contribution in [0.3, 0.4) is 0 Å². The van der Waals surface area contributed by atoms with Crippen molar-refractivity contribution in [2.24, 2.45) is 17.6 Å². The molecular weight excluding hydrogens is 212 g/mol. The van der Waals surface area contributed by atoms with Crippen LogP contribution in [-0.2, 0) is 4.79 Å². The summed E-state index contributed by atoms with van der Waals surface area (Å²) in [5.74, 6) is 0.933. The number of rotatable bonds is 5. The third kappa shape index (κ3) is 4.30. The highest BCUT2D eigenvalue weighted by atomic mass is 16.2. The predicted octanol–water partition coefficient (Wildman–Crippen LogP) is 2.44. The Labute approximate surface area is 106 Å². The molecule has 17 heavy (non-hydrogen) atoms. The van der Waals surface area contributed by atoms with E-state index in [-0.39, 0.29) is 23.9 Å². The van der Waals surface area contributed by atoms with E-state index in [1.807, 2.05) is 6.92 Å². The molecule has 1 saturated carbocycles. The van der Waals surface area contributed by atoms with Crippen molar-refractivity contribution in [2.45, 2.75) is 71.4 Å². The third-order valence-electron chi connectivity index (χ3n) is 4.29. The summed E-state index contributed by atoms with van der Waals surface area (Å²) in [6.07, 6.45) is 7.42. The first-order valence-electron chi connectivity index (χ1n) is 7.12. The van der Waals surface area contributed by atoms with E-state index < -0.39 is 0 Å². The van der Waals surface area contributed by atoms with Crippen LogP contribution in [0.15, 0.2) is 0 Å². The number of hydrogen-bond donors (Lipinski definition) is 2. The fraction of sp³-hybridized carbons (Fsp3) is 0.929. The summed E-state index contributed by atoms with van der Waals surface area (Å²) in [5.41, 5.74) is 5.94. The van der Waals surface area contributed by atoms with Gasteiger partial charge in [-0.2, -0.15) is 0 Å². The smallest absolute Gasteiger partial charge is 0.237 e. The van der Waals surface area contributed by atoms with E-state index in [0.717, 1.165) is 6.42 Å². The molecule has 0 aromatic heterocycles. The van der Waals surface area contributed by atoms with Crippen molar-refractivity contribution >= 4 is 5.91 Å². The van der Waals surface area contributed by atoms with Crippen LogP contribution in [0.25, 0.3) is 0 Å². The first-order valence-corrected chi connectivity index (χ1v) is 7.12. The van der Waals surface area contributed by atoms with Gasteiger partial charge < -0.3 is 11.1 Å².